The topological polar surface area (TPSA) is 12.9 Å². The summed E-state index contributed by atoms with van der Waals surface area (Å²) in [6.45, 7) is 2.01. The number of fused-ring (bicyclic) bond motifs is 1. The van der Waals surface area contributed by atoms with Crippen molar-refractivity contribution in [2.45, 2.75) is 6.92 Å². The number of hydrogen-bond donors (Lipinski definition) is 0. The monoisotopic (exact) mass is 170 g/mol. The first kappa shape index (κ1) is 9.25. The normalized spacial score (nSPS) is 9.42. The van der Waals surface area contributed by atoms with Gasteiger partial charge in [0.1, 0.15) is 0 Å². The van der Waals surface area contributed by atoms with Crippen molar-refractivity contribution in [3.8, 4) is 0 Å². The van der Waals surface area contributed by atoms with Crippen LogP contribution in [0.25, 0.3) is 10.9 Å². The molecule has 0 aliphatic rings. The summed E-state index contributed by atoms with van der Waals surface area (Å²) in [7, 11) is 0. The maximum absolute atomic E-state index is 4.38. The first-order chi connectivity index (χ1) is 5.36. The van der Waals surface area contributed by atoms with Crippen LogP contribution in [0.2, 0.25) is 0 Å². The summed E-state index contributed by atoms with van der Waals surface area (Å²) in [5, 5.41) is 1.21. The summed E-state index contributed by atoms with van der Waals surface area (Å²) in [6, 6.07) is 12.3. The number of nitrogens with zero attached hydrogens (tertiary/aromatic N) is 1. The van der Waals surface area contributed by atoms with Crippen molar-refractivity contribution in [1.29, 1.82) is 0 Å². The molecular formula is C10H9AlN. The summed E-state index contributed by atoms with van der Waals surface area (Å²) in [6.07, 6.45) is 0. The molecule has 0 aliphatic heterocycles. The van der Waals surface area contributed by atoms with Gasteiger partial charge in [-0.1, -0.05) is 24.3 Å². The highest BCUT2D eigenvalue weighted by molar-refractivity contribution is 5.78. The van der Waals surface area contributed by atoms with Crippen LogP contribution in [-0.2, 0) is 0 Å². The Kier molecular flexibility index (Phi) is 2.86. The van der Waals surface area contributed by atoms with Crippen LogP contribution in [-0.4, -0.2) is 22.3 Å². The first-order valence-electron chi connectivity index (χ1n) is 3.69. The molecule has 1 heterocycles. The predicted molar refractivity (Wildman–Crippen MR) is 52.2 cm³/mol. The van der Waals surface area contributed by atoms with Crippen LogP contribution in [0.5, 0.6) is 0 Å². The second-order valence-electron chi connectivity index (χ2n) is 2.65. The van der Waals surface area contributed by atoms with Crippen LogP contribution in [0.15, 0.2) is 36.4 Å². The number of hydrogen-bond acceptors (Lipinski definition) is 1. The fraction of sp³-hybridized carbons (Fsp3) is 0.100. The van der Waals surface area contributed by atoms with E-state index in [1.807, 2.05) is 31.2 Å². The lowest BCUT2D eigenvalue weighted by atomic mass is 10.2. The quantitative estimate of drug-likeness (QED) is 0.552. The summed E-state index contributed by atoms with van der Waals surface area (Å²) in [4.78, 5) is 4.38. The van der Waals surface area contributed by atoms with Gasteiger partial charge in [-0.15, -0.1) is 0 Å². The molecule has 3 radical (unpaired) electrons. The maximum Gasteiger partial charge on any atom is 0.0705 e. The van der Waals surface area contributed by atoms with Gasteiger partial charge in [-0.3, -0.25) is 4.98 Å². The highest BCUT2D eigenvalue weighted by Gasteiger charge is 1.90. The third-order valence-electron chi connectivity index (χ3n) is 1.74. The number of benzene rings is 1. The first-order valence-corrected chi connectivity index (χ1v) is 3.69. The van der Waals surface area contributed by atoms with Crippen LogP contribution >= 0.6 is 0 Å². The van der Waals surface area contributed by atoms with Crippen LogP contribution in [0.3, 0.4) is 0 Å². The largest absolute Gasteiger partial charge is 0.253 e. The number of aromatic nitrogens is 1. The summed E-state index contributed by atoms with van der Waals surface area (Å²) in [5.41, 5.74) is 2.15. The molecule has 1 aromatic heterocycles. The van der Waals surface area contributed by atoms with E-state index in [9.17, 15) is 0 Å². The molecule has 0 amide bonds. The minimum absolute atomic E-state index is 0. The SMILES string of the molecule is Cc1ccc2ccccc2n1.[Al]. The van der Waals surface area contributed by atoms with Crippen molar-refractivity contribution in [2.75, 3.05) is 0 Å². The Morgan fingerprint density at radius 1 is 1.00 bits per heavy atom. The Labute approximate surface area is 82.6 Å². The lowest BCUT2D eigenvalue weighted by molar-refractivity contribution is 1.26. The van der Waals surface area contributed by atoms with E-state index in [4.69, 9.17) is 0 Å². The van der Waals surface area contributed by atoms with Crippen LogP contribution in [0.4, 0.5) is 0 Å². The van der Waals surface area contributed by atoms with Gasteiger partial charge < -0.3 is 0 Å². The summed E-state index contributed by atoms with van der Waals surface area (Å²) < 4.78 is 0. The average Bonchev–Trinajstić information content (AvgIpc) is 2.04. The molecule has 0 saturated heterocycles. The van der Waals surface area contributed by atoms with Gasteiger partial charge in [0.25, 0.3) is 0 Å². The number of pyridine rings is 1. The minimum Gasteiger partial charge on any atom is -0.253 e. The highest BCUT2D eigenvalue weighted by Crippen LogP contribution is 2.10. The molecule has 0 N–H and O–H groups in total. The van der Waals surface area contributed by atoms with Crippen LogP contribution < -0.4 is 0 Å². The lowest BCUT2D eigenvalue weighted by Crippen LogP contribution is -1.80. The molecule has 0 atom stereocenters. The van der Waals surface area contributed by atoms with Gasteiger partial charge in [0.15, 0.2) is 0 Å². The van der Waals surface area contributed by atoms with E-state index in [-0.39, 0.29) is 17.4 Å². The summed E-state index contributed by atoms with van der Waals surface area (Å²) in [5.74, 6) is 0. The third-order valence-corrected chi connectivity index (χ3v) is 1.74. The highest BCUT2D eigenvalue weighted by atomic mass is 27.0. The average molecular weight is 170 g/mol. The van der Waals surface area contributed by atoms with E-state index in [1.54, 1.807) is 0 Å². The van der Waals surface area contributed by atoms with Crippen molar-refractivity contribution >= 4 is 28.3 Å². The smallest absolute Gasteiger partial charge is 0.0705 e. The fourth-order valence-corrected chi connectivity index (χ4v) is 1.17. The number of para-hydroxylation sites is 1. The molecular weight excluding hydrogens is 161 g/mol. The van der Waals surface area contributed by atoms with Gasteiger partial charge >= 0.3 is 0 Å². The Balaban J connectivity index is 0.000000720. The molecule has 1 nitrogen and oxygen atoms in total. The minimum atomic E-state index is 0. The van der Waals surface area contributed by atoms with Gasteiger partial charge in [-0.05, 0) is 19.1 Å². The second-order valence-corrected chi connectivity index (χ2v) is 2.65. The Hall–Kier alpha value is -0.838. The zero-order valence-electron chi connectivity index (χ0n) is 6.99. The van der Waals surface area contributed by atoms with E-state index in [1.165, 1.54) is 5.39 Å². The van der Waals surface area contributed by atoms with Crippen LogP contribution in [0, 0.1) is 6.92 Å². The van der Waals surface area contributed by atoms with Gasteiger partial charge in [0.05, 0.1) is 5.52 Å². The molecule has 0 unspecified atom stereocenters. The molecule has 2 rings (SSSR count). The molecule has 1 aromatic carbocycles. The number of rotatable bonds is 0. The predicted octanol–water partition coefficient (Wildman–Crippen LogP) is 2.16. The Morgan fingerprint density at radius 2 is 1.75 bits per heavy atom. The van der Waals surface area contributed by atoms with Gasteiger partial charge in [-0.25, -0.2) is 0 Å². The van der Waals surface area contributed by atoms with Crippen LogP contribution in [0.1, 0.15) is 5.69 Å². The molecule has 0 spiro atoms. The van der Waals surface area contributed by atoms with Crippen molar-refractivity contribution in [2.24, 2.45) is 0 Å². The summed E-state index contributed by atoms with van der Waals surface area (Å²) >= 11 is 0. The van der Waals surface area contributed by atoms with Gasteiger partial charge in [-0.2, -0.15) is 0 Å². The van der Waals surface area contributed by atoms with E-state index in [0.29, 0.717) is 0 Å². The van der Waals surface area contributed by atoms with Gasteiger partial charge in [0.2, 0.25) is 0 Å². The number of aryl methyl sites for hydroxylation is 1. The molecule has 0 fully saturated rings. The zero-order chi connectivity index (χ0) is 7.68. The van der Waals surface area contributed by atoms with Gasteiger partial charge in [0, 0.05) is 28.4 Å². The third kappa shape index (κ3) is 1.66. The van der Waals surface area contributed by atoms with E-state index < -0.39 is 0 Å². The molecule has 0 bridgehead atoms. The zero-order valence-corrected chi connectivity index (χ0v) is 8.14. The molecule has 0 aliphatic carbocycles. The van der Waals surface area contributed by atoms with Crippen molar-refractivity contribution in [3.05, 3.63) is 42.1 Å². The Bertz CT molecular complexity index is 384. The molecule has 2 heteroatoms. The van der Waals surface area contributed by atoms with E-state index in [0.717, 1.165) is 11.2 Å². The van der Waals surface area contributed by atoms with Crippen molar-refractivity contribution in [3.63, 3.8) is 0 Å². The van der Waals surface area contributed by atoms with E-state index in [2.05, 4.69) is 17.1 Å². The standard InChI is InChI=1S/C10H9N.Al/c1-8-6-7-9-4-2-3-5-10(9)11-8;/h2-7H,1H3;. The maximum atomic E-state index is 4.38. The van der Waals surface area contributed by atoms with E-state index >= 15 is 0 Å². The molecule has 57 valence electrons. The molecule has 2 aromatic rings. The van der Waals surface area contributed by atoms with Crippen molar-refractivity contribution < 1.29 is 0 Å². The second kappa shape index (κ2) is 3.71. The molecule has 12 heavy (non-hydrogen) atoms. The molecule has 0 saturated carbocycles. The fourth-order valence-electron chi connectivity index (χ4n) is 1.17. The Morgan fingerprint density at radius 3 is 2.58 bits per heavy atom. The van der Waals surface area contributed by atoms with Crippen molar-refractivity contribution in [1.82, 2.24) is 4.98 Å². The lowest BCUT2D eigenvalue weighted by Gasteiger charge is -1.95.